The van der Waals surface area contributed by atoms with E-state index in [-0.39, 0.29) is 11.6 Å². The van der Waals surface area contributed by atoms with Crippen molar-refractivity contribution in [1.82, 2.24) is 9.97 Å². The Bertz CT molecular complexity index is 728. The van der Waals surface area contributed by atoms with E-state index in [1.54, 1.807) is 18.2 Å². The third-order valence-electron chi connectivity index (χ3n) is 2.82. The normalized spacial score (nSPS) is 10.8. The lowest BCUT2D eigenvalue weighted by Gasteiger charge is -2.11. The maximum absolute atomic E-state index is 11.1. The molecule has 7 heteroatoms. The number of nitrogens with zero attached hydrogens (tertiary/aromatic N) is 2. The predicted octanol–water partition coefficient (Wildman–Crippen LogP) is 4.60. The van der Waals surface area contributed by atoms with Crippen molar-refractivity contribution in [3.63, 3.8) is 0 Å². The summed E-state index contributed by atoms with van der Waals surface area (Å²) >= 11 is 8.61. The third-order valence-corrected chi connectivity index (χ3v) is 4.18. The molecule has 0 radical (unpaired) electrons. The highest BCUT2D eigenvalue weighted by atomic mass is 79.9. The minimum Gasteiger partial charge on any atom is -0.342 e. The fraction of sp³-hybridized carbons (Fsp3) is 0.231. The van der Waals surface area contributed by atoms with E-state index in [2.05, 4.69) is 25.9 Å². The molecule has 0 saturated carbocycles. The molecule has 104 valence electrons. The van der Waals surface area contributed by atoms with Crippen molar-refractivity contribution in [3.8, 4) is 11.4 Å². The number of benzene rings is 1. The molecule has 2 aromatic rings. The van der Waals surface area contributed by atoms with E-state index in [0.717, 1.165) is 10.2 Å². The van der Waals surface area contributed by atoms with Crippen LogP contribution in [0.1, 0.15) is 25.5 Å². The van der Waals surface area contributed by atoms with Gasteiger partial charge in [-0.05, 0) is 27.9 Å². The Morgan fingerprint density at radius 1 is 1.40 bits per heavy atom. The first-order valence-corrected chi connectivity index (χ1v) is 7.15. The van der Waals surface area contributed by atoms with Crippen LogP contribution in [0.25, 0.3) is 11.4 Å². The van der Waals surface area contributed by atoms with Gasteiger partial charge in [0.2, 0.25) is 0 Å². The molecule has 2 rings (SSSR count). The first kappa shape index (κ1) is 14.8. The second-order valence-corrected chi connectivity index (χ2v) is 5.73. The van der Waals surface area contributed by atoms with Crippen LogP contribution in [0.3, 0.4) is 0 Å². The number of aromatic amines is 1. The highest BCUT2D eigenvalue weighted by Crippen LogP contribution is 2.30. The van der Waals surface area contributed by atoms with Crippen LogP contribution in [-0.2, 0) is 0 Å². The van der Waals surface area contributed by atoms with Crippen molar-refractivity contribution in [2.45, 2.75) is 19.8 Å². The quantitative estimate of drug-likeness (QED) is 0.497. The first-order valence-electron chi connectivity index (χ1n) is 5.95. The molecule has 1 aromatic heterocycles. The lowest BCUT2D eigenvalue weighted by atomic mass is 10.1. The molecule has 0 atom stereocenters. The topological polar surface area (TPSA) is 71.8 Å². The zero-order chi connectivity index (χ0) is 14.9. The number of nitro benzene ring substituents is 1. The summed E-state index contributed by atoms with van der Waals surface area (Å²) in [6.45, 7) is 4.02. The van der Waals surface area contributed by atoms with E-state index < -0.39 is 4.92 Å². The molecule has 20 heavy (non-hydrogen) atoms. The molecule has 0 unspecified atom stereocenters. The Balaban J connectivity index is 2.71. The van der Waals surface area contributed by atoms with Crippen LogP contribution >= 0.6 is 28.1 Å². The second kappa shape index (κ2) is 5.80. The van der Waals surface area contributed by atoms with E-state index in [1.807, 2.05) is 13.8 Å². The summed E-state index contributed by atoms with van der Waals surface area (Å²) in [4.78, 5) is 18.0. The lowest BCUT2D eigenvalue weighted by molar-refractivity contribution is -0.384. The number of aromatic nitrogens is 2. The number of nitro groups is 1. The van der Waals surface area contributed by atoms with Gasteiger partial charge >= 0.3 is 0 Å². The summed E-state index contributed by atoms with van der Waals surface area (Å²) in [5.74, 6) is 0.602. The maximum Gasteiger partial charge on any atom is 0.280 e. The van der Waals surface area contributed by atoms with Crippen molar-refractivity contribution in [2.24, 2.45) is 0 Å². The molecular formula is C13H12BrN3O2S. The van der Waals surface area contributed by atoms with Gasteiger partial charge < -0.3 is 4.98 Å². The van der Waals surface area contributed by atoms with Gasteiger partial charge in [0.25, 0.3) is 5.69 Å². The molecule has 1 aromatic carbocycles. The van der Waals surface area contributed by atoms with Gasteiger partial charge in [-0.25, -0.2) is 4.98 Å². The molecule has 0 saturated heterocycles. The molecular weight excluding hydrogens is 342 g/mol. The molecule has 0 aliphatic carbocycles. The van der Waals surface area contributed by atoms with Crippen LogP contribution in [0.4, 0.5) is 5.69 Å². The maximum atomic E-state index is 11.1. The van der Waals surface area contributed by atoms with Crippen LogP contribution in [-0.4, -0.2) is 14.9 Å². The fourth-order valence-corrected chi connectivity index (χ4v) is 2.68. The van der Waals surface area contributed by atoms with Crippen LogP contribution in [0.5, 0.6) is 0 Å². The SMILES string of the molecule is CC(C)c1[nH]c(-c2ccccc2[N+](=O)[O-])nc(=S)c1Br. The summed E-state index contributed by atoms with van der Waals surface area (Å²) in [5.41, 5.74) is 1.30. The van der Waals surface area contributed by atoms with Gasteiger partial charge in [0.15, 0.2) is 0 Å². The Morgan fingerprint density at radius 2 is 2.05 bits per heavy atom. The van der Waals surface area contributed by atoms with Gasteiger partial charge in [0.1, 0.15) is 10.5 Å². The monoisotopic (exact) mass is 353 g/mol. The Hall–Kier alpha value is -1.60. The van der Waals surface area contributed by atoms with Crippen molar-refractivity contribution in [1.29, 1.82) is 0 Å². The van der Waals surface area contributed by atoms with Crippen LogP contribution in [0, 0.1) is 14.8 Å². The molecule has 0 fully saturated rings. The molecule has 1 heterocycles. The van der Waals surface area contributed by atoms with Gasteiger partial charge in [-0.3, -0.25) is 10.1 Å². The summed E-state index contributed by atoms with van der Waals surface area (Å²) in [7, 11) is 0. The zero-order valence-electron chi connectivity index (χ0n) is 10.9. The van der Waals surface area contributed by atoms with E-state index in [4.69, 9.17) is 12.2 Å². The number of nitrogens with one attached hydrogen (secondary N) is 1. The summed E-state index contributed by atoms with van der Waals surface area (Å²) in [5, 5.41) is 11.1. The summed E-state index contributed by atoms with van der Waals surface area (Å²) < 4.78 is 1.12. The largest absolute Gasteiger partial charge is 0.342 e. The average molecular weight is 354 g/mol. The highest BCUT2D eigenvalue weighted by Gasteiger charge is 2.18. The summed E-state index contributed by atoms with van der Waals surface area (Å²) in [6, 6.07) is 6.46. The Kier molecular flexibility index (Phi) is 4.29. The summed E-state index contributed by atoms with van der Waals surface area (Å²) in [6.07, 6.45) is 0. The first-order chi connectivity index (χ1) is 9.41. The fourth-order valence-electron chi connectivity index (χ4n) is 1.83. The standard InChI is InChI=1S/C13H12BrN3O2S/c1-7(2)11-10(14)13(20)16-12(15-11)8-5-3-4-6-9(8)17(18)19/h3-7H,1-2H3,(H,15,16,20). The Labute approximate surface area is 129 Å². The number of para-hydroxylation sites is 1. The number of rotatable bonds is 3. The molecule has 0 amide bonds. The predicted molar refractivity (Wildman–Crippen MR) is 83.3 cm³/mol. The molecule has 1 N–H and O–H groups in total. The number of halogens is 1. The molecule has 0 aliphatic rings. The van der Waals surface area contributed by atoms with E-state index in [9.17, 15) is 10.1 Å². The molecule has 0 bridgehead atoms. The van der Waals surface area contributed by atoms with Gasteiger partial charge in [-0.15, -0.1) is 0 Å². The van der Waals surface area contributed by atoms with Crippen molar-refractivity contribution < 1.29 is 4.92 Å². The van der Waals surface area contributed by atoms with Gasteiger partial charge in [-0.2, -0.15) is 0 Å². The molecule has 0 aliphatic heterocycles. The van der Waals surface area contributed by atoms with Gasteiger partial charge in [-0.1, -0.05) is 38.2 Å². The number of hydrogen-bond donors (Lipinski definition) is 1. The van der Waals surface area contributed by atoms with Gasteiger partial charge in [0.05, 0.1) is 15.0 Å². The smallest absolute Gasteiger partial charge is 0.280 e. The molecule has 5 nitrogen and oxygen atoms in total. The highest BCUT2D eigenvalue weighted by molar-refractivity contribution is 9.10. The van der Waals surface area contributed by atoms with E-state index >= 15 is 0 Å². The van der Waals surface area contributed by atoms with Crippen LogP contribution in [0.2, 0.25) is 0 Å². The number of hydrogen-bond acceptors (Lipinski definition) is 4. The van der Waals surface area contributed by atoms with E-state index in [0.29, 0.717) is 16.0 Å². The van der Waals surface area contributed by atoms with Crippen molar-refractivity contribution >= 4 is 33.8 Å². The van der Waals surface area contributed by atoms with Crippen molar-refractivity contribution in [2.75, 3.05) is 0 Å². The third kappa shape index (κ3) is 2.78. The Morgan fingerprint density at radius 3 is 2.65 bits per heavy atom. The van der Waals surface area contributed by atoms with Crippen LogP contribution < -0.4 is 0 Å². The minimum absolute atomic E-state index is 0.00248. The number of H-pyrrole nitrogens is 1. The second-order valence-electron chi connectivity index (χ2n) is 4.55. The van der Waals surface area contributed by atoms with Gasteiger partial charge in [0, 0.05) is 11.8 Å². The van der Waals surface area contributed by atoms with Crippen LogP contribution in [0.15, 0.2) is 28.7 Å². The zero-order valence-corrected chi connectivity index (χ0v) is 13.3. The van der Waals surface area contributed by atoms with Crippen molar-refractivity contribution in [3.05, 3.63) is 49.2 Å². The van der Waals surface area contributed by atoms with E-state index in [1.165, 1.54) is 6.07 Å². The molecule has 0 spiro atoms. The minimum atomic E-state index is -0.426. The lowest BCUT2D eigenvalue weighted by Crippen LogP contribution is -2.02. The average Bonchev–Trinajstić information content (AvgIpc) is 2.41.